The van der Waals surface area contributed by atoms with Crippen molar-refractivity contribution >= 4 is 17.3 Å². The predicted octanol–water partition coefficient (Wildman–Crippen LogP) is 2.43. The summed E-state index contributed by atoms with van der Waals surface area (Å²) in [4.78, 5) is 8.54. The van der Waals surface area contributed by atoms with Crippen molar-refractivity contribution in [3.8, 4) is 5.88 Å². The van der Waals surface area contributed by atoms with Gasteiger partial charge in [-0.3, -0.25) is 0 Å². The molecule has 0 aliphatic carbocycles. The number of methoxy groups -OCH3 is 1. The van der Waals surface area contributed by atoms with Gasteiger partial charge in [0.15, 0.2) is 0 Å². The third-order valence-corrected chi connectivity index (χ3v) is 2.55. The molecule has 0 aliphatic heterocycles. The maximum atomic E-state index is 5.76. The Morgan fingerprint density at radius 1 is 1.17 bits per heavy atom. The molecule has 5 nitrogen and oxygen atoms in total. The first-order valence-corrected chi connectivity index (χ1v) is 5.61. The fourth-order valence-electron chi connectivity index (χ4n) is 1.59. The van der Waals surface area contributed by atoms with E-state index in [-0.39, 0.29) is 0 Å². The molecule has 2 aromatic rings. The molecular weight excluding hydrogens is 228 g/mol. The summed E-state index contributed by atoms with van der Waals surface area (Å²) in [5.74, 6) is 1.03. The predicted molar refractivity (Wildman–Crippen MR) is 72.2 cm³/mol. The van der Waals surface area contributed by atoms with Gasteiger partial charge >= 0.3 is 0 Å². The number of nitrogens with zero attached hydrogens (tertiary/aromatic N) is 2. The zero-order chi connectivity index (χ0) is 13.1. The van der Waals surface area contributed by atoms with E-state index in [1.54, 1.807) is 13.2 Å². The third kappa shape index (κ3) is 2.68. The van der Waals surface area contributed by atoms with E-state index < -0.39 is 0 Å². The lowest BCUT2D eigenvalue weighted by atomic mass is 10.2. The molecule has 1 aromatic heterocycles. The van der Waals surface area contributed by atoms with Gasteiger partial charge in [0.05, 0.1) is 7.11 Å². The molecule has 0 atom stereocenters. The van der Waals surface area contributed by atoms with Crippen molar-refractivity contribution in [2.45, 2.75) is 13.8 Å². The van der Waals surface area contributed by atoms with Crippen LogP contribution >= 0.6 is 0 Å². The van der Waals surface area contributed by atoms with Crippen molar-refractivity contribution in [1.82, 2.24) is 9.97 Å². The Bertz CT molecular complexity index is 569. The number of ether oxygens (including phenoxy) is 1. The Labute approximate surface area is 106 Å². The largest absolute Gasteiger partial charge is 0.481 e. The number of hydrogen-bond acceptors (Lipinski definition) is 5. The molecule has 1 heterocycles. The lowest BCUT2D eigenvalue weighted by molar-refractivity contribution is 0.397. The van der Waals surface area contributed by atoms with E-state index in [4.69, 9.17) is 10.5 Å². The second kappa shape index (κ2) is 4.91. The van der Waals surface area contributed by atoms with Gasteiger partial charge in [0.1, 0.15) is 0 Å². The van der Waals surface area contributed by atoms with Gasteiger partial charge in [0.25, 0.3) is 0 Å². The number of nitrogens with one attached hydrogen (secondary N) is 1. The number of hydrogen-bond donors (Lipinski definition) is 2. The molecule has 0 amide bonds. The van der Waals surface area contributed by atoms with Crippen LogP contribution in [0.25, 0.3) is 0 Å². The van der Waals surface area contributed by atoms with Crippen LogP contribution in [-0.2, 0) is 0 Å². The number of aromatic nitrogens is 2. The van der Waals surface area contributed by atoms with E-state index in [2.05, 4.69) is 15.3 Å². The van der Waals surface area contributed by atoms with Gasteiger partial charge in [0.2, 0.25) is 11.8 Å². The molecule has 94 valence electrons. The normalized spacial score (nSPS) is 10.2. The van der Waals surface area contributed by atoms with Crippen LogP contribution in [0.3, 0.4) is 0 Å². The molecule has 0 unspecified atom stereocenters. The average Bonchev–Trinajstić information content (AvgIpc) is 2.33. The lowest BCUT2D eigenvalue weighted by Gasteiger charge is -2.10. The zero-order valence-electron chi connectivity index (χ0n) is 10.7. The molecule has 0 spiro atoms. The SMILES string of the molecule is COc1cc(C)nc(Nc2cc(N)ccc2C)n1. The van der Waals surface area contributed by atoms with Crippen LogP contribution < -0.4 is 15.8 Å². The molecule has 5 heteroatoms. The number of anilines is 3. The molecule has 1 aromatic carbocycles. The first-order chi connectivity index (χ1) is 8.58. The first kappa shape index (κ1) is 12.2. The van der Waals surface area contributed by atoms with Crippen molar-refractivity contribution in [2.24, 2.45) is 0 Å². The second-order valence-electron chi connectivity index (χ2n) is 4.07. The monoisotopic (exact) mass is 244 g/mol. The van der Waals surface area contributed by atoms with Crippen molar-refractivity contribution in [3.63, 3.8) is 0 Å². The summed E-state index contributed by atoms with van der Waals surface area (Å²) in [5.41, 5.74) is 9.27. The molecule has 0 bridgehead atoms. The molecule has 2 rings (SSSR count). The van der Waals surface area contributed by atoms with Gasteiger partial charge in [0, 0.05) is 23.1 Å². The summed E-state index contributed by atoms with van der Waals surface area (Å²) in [6.07, 6.45) is 0. The van der Waals surface area contributed by atoms with Crippen molar-refractivity contribution in [3.05, 3.63) is 35.5 Å². The highest BCUT2D eigenvalue weighted by Gasteiger charge is 2.05. The molecule has 0 fully saturated rings. The van der Waals surface area contributed by atoms with E-state index in [1.165, 1.54) is 0 Å². The van der Waals surface area contributed by atoms with E-state index in [1.807, 2.05) is 32.0 Å². The van der Waals surface area contributed by atoms with E-state index in [0.29, 0.717) is 17.5 Å². The zero-order valence-corrected chi connectivity index (χ0v) is 10.7. The molecule has 3 N–H and O–H groups in total. The van der Waals surface area contributed by atoms with Crippen molar-refractivity contribution in [1.29, 1.82) is 0 Å². The summed E-state index contributed by atoms with van der Waals surface area (Å²) in [6.45, 7) is 3.89. The molecule has 0 radical (unpaired) electrons. The highest BCUT2D eigenvalue weighted by atomic mass is 16.5. The summed E-state index contributed by atoms with van der Waals surface area (Å²) in [6, 6.07) is 7.44. The van der Waals surface area contributed by atoms with Crippen LogP contribution in [0.5, 0.6) is 5.88 Å². The lowest BCUT2D eigenvalue weighted by Crippen LogP contribution is -2.02. The molecule has 0 saturated carbocycles. The Kier molecular flexibility index (Phi) is 3.32. The van der Waals surface area contributed by atoms with Crippen molar-refractivity contribution in [2.75, 3.05) is 18.2 Å². The highest BCUT2D eigenvalue weighted by molar-refractivity contribution is 5.64. The Balaban J connectivity index is 2.33. The maximum Gasteiger partial charge on any atom is 0.230 e. The van der Waals surface area contributed by atoms with E-state index in [9.17, 15) is 0 Å². The topological polar surface area (TPSA) is 73.1 Å². The Hall–Kier alpha value is -2.30. The van der Waals surface area contributed by atoms with Crippen LogP contribution in [0.4, 0.5) is 17.3 Å². The number of rotatable bonds is 3. The Morgan fingerprint density at radius 3 is 2.67 bits per heavy atom. The minimum absolute atomic E-state index is 0.501. The fourth-order valence-corrected chi connectivity index (χ4v) is 1.59. The molecule has 18 heavy (non-hydrogen) atoms. The summed E-state index contributed by atoms with van der Waals surface area (Å²) in [5, 5.41) is 3.15. The van der Waals surface area contributed by atoms with E-state index >= 15 is 0 Å². The smallest absolute Gasteiger partial charge is 0.230 e. The molecule has 0 saturated heterocycles. The molecular formula is C13H16N4O. The van der Waals surface area contributed by atoms with E-state index in [0.717, 1.165) is 16.9 Å². The minimum Gasteiger partial charge on any atom is -0.481 e. The van der Waals surface area contributed by atoms with Crippen LogP contribution in [0, 0.1) is 13.8 Å². The second-order valence-corrected chi connectivity index (χ2v) is 4.07. The van der Waals surface area contributed by atoms with Gasteiger partial charge in [-0.2, -0.15) is 4.98 Å². The minimum atomic E-state index is 0.501. The van der Waals surface area contributed by atoms with Crippen LogP contribution in [0.2, 0.25) is 0 Å². The number of nitrogens with two attached hydrogens (primary N) is 1. The van der Waals surface area contributed by atoms with Gasteiger partial charge in [-0.1, -0.05) is 6.07 Å². The van der Waals surface area contributed by atoms with Gasteiger partial charge in [-0.05, 0) is 31.5 Å². The Morgan fingerprint density at radius 2 is 1.94 bits per heavy atom. The number of benzene rings is 1. The maximum absolute atomic E-state index is 5.76. The highest BCUT2D eigenvalue weighted by Crippen LogP contribution is 2.22. The van der Waals surface area contributed by atoms with Crippen LogP contribution in [0.15, 0.2) is 24.3 Å². The summed E-state index contributed by atoms with van der Waals surface area (Å²) in [7, 11) is 1.58. The third-order valence-electron chi connectivity index (χ3n) is 2.55. The van der Waals surface area contributed by atoms with Gasteiger partial charge in [-0.15, -0.1) is 0 Å². The van der Waals surface area contributed by atoms with Crippen molar-refractivity contribution < 1.29 is 4.74 Å². The first-order valence-electron chi connectivity index (χ1n) is 5.61. The summed E-state index contributed by atoms with van der Waals surface area (Å²) >= 11 is 0. The standard InChI is InChI=1S/C13H16N4O/c1-8-4-5-10(14)7-11(8)16-13-15-9(2)6-12(17-13)18-3/h4-7H,14H2,1-3H3,(H,15,16,17). The fraction of sp³-hybridized carbons (Fsp3) is 0.231. The van der Waals surface area contributed by atoms with Gasteiger partial charge in [-0.25, -0.2) is 4.98 Å². The van der Waals surface area contributed by atoms with Crippen LogP contribution in [0.1, 0.15) is 11.3 Å². The average molecular weight is 244 g/mol. The van der Waals surface area contributed by atoms with Gasteiger partial charge < -0.3 is 15.8 Å². The van der Waals surface area contributed by atoms with Crippen LogP contribution in [-0.4, -0.2) is 17.1 Å². The number of aryl methyl sites for hydroxylation is 2. The summed E-state index contributed by atoms with van der Waals surface area (Å²) < 4.78 is 5.11. The molecule has 0 aliphatic rings. The number of nitrogen functional groups attached to an aromatic ring is 1. The quantitative estimate of drug-likeness (QED) is 0.811.